The topological polar surface area (TPSA) is 111 Å². The number of nitrogens with zero attached hydrogens (tertiary/aromatic N) is 3. The lowest BCUT2D eigenvalue weighted by atomic mass is 10.1. The summed E-state index contributed by atoms with van der Waals surface area (Å²) in [7, 11) is 0. The van der Waals surface area contributed by atoms with Crippen molar-refractivity contribution in [1.82, 2.24) is 9.80 Å². The minimum Gasteiger partial charge on any atom is -0.462 e. The van der Waals surface area contributed by atoms with Gasteiger partial charge in [0, 0.05) is 50.4 Å². The van der Waals surface area contributed by atoms with Gasteiger partial charge in [0.05, 0.1) is 11.5 Å². The number of nitro benzene ring substituents is 1. The second-order valence-electron chi connectivity index (χ2n) is 8.25. The highest BCUT2D eigenvalue weighted by Crippen LogP contribution is 2.34. The Balaban J connectivity index is 2.26. The van der Waals surface area contributed by atoms with Crippen LogP contribution in [0.3, 0.4) is 0 Å². The lowest BCUT2D eigenvalue weighted by Crippen LogP contribution is -2.49. The Labute approximate surface area is 188 Å². The van der Waals surface area contributed by atoms with Gasteiger partial charge in [-0.3, -0.25) is 15.0 Å². The molecule has 1 amide bonds. The number of esters is 1. The monoisotopic (exact) mass is 477 g/mol. The van der Waals surface area contributed by atoms with Gasteiger partial charge in [-0.2, -0.15) is 0 Å². The molecule has 0 aromatic heterocycles. The van der Waals surface area contributed by atoms with Gasteiger partial charge in [0.2, 0.25) is 0 Å². The Morgan fingerprint density at radius 1 is 1.12 bits per heavy atom. The summed E-state index contributed by atoms with van der Waals surface area (Å²) in [5.41, 5.74) is -2.12. The first-order valence-corrected chi connectivity index (χ1v) is 10.1. The van der Waals surface area contributed by atoms with E-state index >= 15 is 0 Å². The maximum absolute atomic E-state index is 13.0. The molecule has 1 aliphatic rings. The Hall–Kier alpha value is -3.09. The van der Waals surface area contributed by atoms with E-state index in [4.69, 9.17) is 9.47 Å². The van der Waals surface area contributed by atoms with Crippen LogP contribution in [-0.4, -0.2) is 71.5 Å². The summed E-state index contributed by atoms with van der Waals surface area (Å²) in [4.78, 5) is 38.0. The number of hydrogen-bond acceptors (Lipinski definition) is 8. The van der Waals surface area contributed by atoms with Crippen molar-refractivity contribution in [3.63, 3.8) is 0 Å². The van der Waals surface area contributed by atoms with E-state index in [0.717, 1.165) is 6.07 Å². The highest BCUT2D eigenvalue weighted by molar-refractivity contribution is 5.94. The van der Waals surface area contributed by atoms with E-state index in [-0.39, 0.29) is 44.9 Å². The molecule has 0 spiro atoms. The molecule has 10 nitrogen and oxygen atoms in total. The molecule has 13 heteroatoms. The maximum atomic E-state index is 13.0. The molecule has 184 valence electrons. The lowest BCUT2D eigenvalue weighted by Gasteiger charge is -2.35. The van der Waals surface area contributed by atoms with Crippen molar-refractivity contribution in [3.8, 4) is 5.75 Å². The summed E-state index contributed by atoms with van der Waals surface area (Å²) < 4.78 is 53.0. The summed E-state index contributed by atoms with van der Waals surface area (Å²) in [5.74, 6) is -1.86. The molecule has 33 heavy (non-hydrogen) atoms. The minimum atomic E-state index is -5.08. The lowest BCUT2D eigenvalue weighted by molar-refractivity contribution is -0.385. The molecule has 1 heterocycles. The third-order valence-corrected chi connectivity index (χ3v) is 4.51. The molecule has 1 aromatic rings. The zero-order valence-corrected chi connectivity index (χ0v) is 18.7. The van der Waals surface area contributed by atoms with E-state index in [1.807, 2.05) is 0 Å². The van der Waals surface area contributed by atoms with E-state index in [9.17, 15) is 32.9 Å². The van der Waals surface area contributed by atoms with E-state index in [1.54, 1.807) is 25.7 Å². The second kappa shape index (κ2) is 10.2. The van der Waals surface area contributed by atoms with Crippen molar-refractivity contribution in [1.29, 1.82) is 0 Å². The molecule has 0 aliphatic carbocycles. The van der Waals surface area contributed by atoms with Gasteiger partial charge in [-0.05, 0) is 27.7 Å². The van der Waals surface area contributed by atoms with Crippen LogP contribution >= 0.6 is 0 Å². The summed E-state index contributed by atoms with van der Waals surface area (Å²) in [6.07, 6.45) is -5.58. The predicted octanol–water partition coefficient (Wildman–Crippen LogP) is 3.72. The Kier molecular flexibility index (Phi) is 8.11. The van der Waals surface area contributed by atoms with Gasteiger partial charge in [0.25, 0.3) is 5.69 Å². The van der Waals surface area contributed by atoms with Gasteiger partial charge in [-0.25, -0.2) is 9.59 Å². The van der Waals surface area contributed by atoms with Crippen molar-refractivity contribution in [3.05, 3.63) is 33.4 Å². The first-order valence-electron chi connectivity index (χ1n) is 10.1. The first-order chi connectivity index (χ1) is 15.2. The number of rotatable bonds is 6. The van der Waals surface area contributed by atoms with Crippen LogP contribution in [0.15, 0.2) is 12.1 Å². The largest absolute Gasteiger partial charge is 0.573 e. The number of nitro groups is 1. The average Bonchev–Trinajstić information content (AvgIpc) is 2.67. The molecule has 0 bridgehead atoms. The summed E-state index contributed by atoms with van der Waals surface area (Å²) >= 11 is 0. The normalized spacial score (nSPS) is 15.2. The first kappa shape index (κ1) is 26.2. The molecule has 2 rings (SSSR count). The number of carbonyl (C=O) groups excluding carboxylic acids is 2. The van der Waals surface area contributed by atoms with Gasteiger partial charge < -0.3 is 19.1 Å². The standard InChI is InChI=1S/C20H26F3N3O7/c1-5-31-17(27)14-11-16(32-20(21,22)23)13(10-15(14)26(29)30)12-24-6-8-25(9-7-24)18(28)33-19(2,3)4/h10-11H,5-9,12H2,1-4H3. The zero-order valence-electron chi connectivity index (χ0n) is 18.7. The molecule has 1 aromatic carbocycles. The number of ether oxygens (including phenoxy) is 3. The van der Waals surface area contributed by atoms with E-state index in [2.05, 4.69) is 4.74 Å². The van der Waals surface area contributed by atoms with Crippen LogP contribution in [0.4, 0.5) is 23.7 Å². The molecule has 0 atom stereocenters. The third kappa shape index (κ3) is 7.77. The SMILES string of the molecule is CCOC(=O)c1cc(OC(F)(F)F)c(CN2CCN(C(=O)OC(C)(C)C)CC2)cc1[N+](=O)[O-]. The minimum absolute atomic E-state index is 0.116. The van der Waals surface area contributed by atoms with Gasteiger partial charge in [-0.15, -0.1) is 13.2 Å². The van der Waals surface area contributed by atoms with Gasteiger partial charge >= 0.3 is 18.4 Å². The molecule has 1 fully saturated rings. The fourth-order valence-corrected chi connectivity index (χ4v) is 3.13. The van der Waals surface area contributed by atoms with E-state index < -0.39 is 45.9 Å². The molecule has 1 aliphatic heterocycles. The van der Waals surface area contributed by atoms with Gasteiger partial charge in [0.1, 0.15) is 16.9 Å². The molecule has 0 N–H and O–H groups in total. The Bertz CT molecular complexity index is 892. The van der Waals surface area contributed by atoms with E-state index in [1.165, 1.54) is 11.8 Å². The van der Waals surface area contributed by atoms with Crippen LogP contribution in [0, 0.1) is 10.1 Å². The van der Waals surface area contributed by atoms with Gasteiger partial charge in [-0.1, -0.05) is 0 Å². The molecule has 1 saturated heterocycles. The van der Waals surface area contributed by atoms with Crippen LogP contribution in [0.5, 0.6) is 5.75 Å². The fraction of sp³-hybridized carbons (Fsp3) is 0.600. The van der Waals surface area contributed by atoms with Crippen molar-refractivity contribution in [2.75, 3.05) is 32.8 Å². The third-order valence-electron chi connectivity index (χ3n) is 4.51. The molecular weight excluding hydrogens is 451 g/mol. The van der Waals surface area contributed by atoms with E-state index in [0.29, 0.717) is 6.07 Å². The summed E-state index contributed by atoms with van der Waals surface area (Å²) in [6, 6.07) is 1.56. The number of halogens is 3. The van der Waals surface area contributed by atoms with Gasteiger partial charge in [0.15, 0.2) is 0 Å². The Morgan fingerprint density at radius 3 is 2.21 bits per heavy atom. The smallest absolute Gasteiger partial charge is 0.462 e. The number of carbonyl (C=O) groups is 2. The van der Waals surface area contributed by atoms with Crippen molar-refractivity contribution in [2.45, 2.75) is 46.2 Å². The zero-order chi connectivity index (χ0) is 25.0. The molecule has 0 radical (unpaired) electrons. The van der Waals surface area contributed by atoms with Crippen LogP contribution in [0.25, 0.3) is 0 Å². The van der Waals surface area contributed by atoms with Crippen molar-refractivity contribution < 1.29 is 41.9 Å². The van der Waals surface area contributed by atoms with Crippen LogP contribution in [0.2, 0.25) is 0 Å². The number of alkyl halides is 3. The highest BCUT2D eigenvalue weighted by atomic mass is 19.4. The van der Waals surface area contributed by atoms with Crippen molar-refractivity contribution in [2.24, 2.45) is 0 Å². The fourth-order valence-electron chi connectivity index (χ4n) is 3.13. The van der Waals surface area contributed by atoms with Crippen LogP contribution < -0.4 is 4.74 Å². The molecular formula is C20H26F3N3O7. The molecule has 0 saturated carbocycles. The van der Waals surface area contributed by atoms with Crippen LogP contribution in [0.1, 0.15) is 43.6 Å². The summed E-state index contributed by atoms with van der Waals surface area (Å²) in [5, 5.41) is 11.5. The average molecular weight is 477 g/mol. The van der Waals surface area contributed by atoms with Crippen molar-refractivity contribution >= 4 is 17.7 Å². The highest BCUT2D eigenvalue weighted by Gasteiger charge is 2.35. The Morgan fingerprint density at radius 2 is 1.73 bits per heavy atom. The second-order valence-corrected chi connectivity index (χ2v) is 8.25. The number of hydrogen-bond donors (Lipinski definition) is 0. The number of benzene rings is 1. The predicted molar refractivity (Wildman–Crippen MR) is 109 cm³/mol. The van der Waals surface area contributed by atoms with Crippen LogP contribution in [-0.2, 0) is 16.0 Å². The maximum Gasteiger partial charge on any atom is 0.573 e. The number of amides is 1. The molecule has 0 unspecified atom stereocenters. The number of piperazine rings is 1. The quantitative estimate of drug-likeness (QED) is 0.346. The summed E-state index contributed by atoms with van der Waals surface area (Å²) in [6.45, 7) is 7.51.